The average molecular weight is 306 g/mol. The minimum atomic E-state index is 0. The van der Waals surface area contributed by atoms with Crippen molar-refractivity contribution < 1.29 is 6.22 Å². The number of ketones is 1. The molecule has 1 N–H and O–H groups in total. The number of carbonyl (C=O) groups is 1. The molecule has 0 aliphatic heterocycles. The van der Waals surface area contributed by atoms with Crippen LogP contribution in [0.1, 0.15) is 79.1 Å². The van der Waals surface area contributed by atoms with Gasteiger partial charge in [0.15, 0.2) is 0 Å². The summed E-state index contributed by atoms with van der Waals surface area (Å²) in [6.45, 7) is 9.57. The molecule has 0 saturated carbocycles. The van der Waals surface area contributed by atoms with Crippen LogP contribution in [0, 0.1) is 5.92 Å². The van der Waals surface area contributed by atoms with Crippen LogP contribution in [0.4, 0.5) is 5.69 Å². The summed E-state index contributed by atoms with van der Waals surface area (Å²) < 4.78 is 0. The highest BCUT2D eigenvalue weighted by molar-refractivity contribution is 5.80. The quantitative estimate of drug-likeness (QED) is 0.505. The first-order chi connectivity index (χ1) is 10.5. The van der Waals surface area contributed by atoms with E-state index in [1.54, 1.807) is 0 Å². The standard InChI is InChI=1S/C20H33NO.H2/c1-5-17(4)20(22)10-8-6-7-9-15-21-19-13-11-18(12-14-19)16(2)3;/h11-14,16-17,21H,5-10,15H2,1-4H3;1H. The minimum absolute atomic E-state index is 0. The molecule has 0 aliphatic carbocycles. The Kier molecular flexibility index (Phi) is 8.88. The van der Waals surface area contributed by atoms with Gasteiger partial charge in [0, 0.05) is 26.0 Å². The van der Waals surface area contributed by atoms with Crippen molar-refractivity contribution in [1.29, 1.82) is 0 Å². The largest absolute Gasteiger partial charge is 0.385 e. The van der Waals surface area contributed by atoms with Crippen LogP contribution in [-0.2, 0) is 4.79 Å². The molecule has 0 spiro atoms. The summed E-state index contributed by atoms with van der Waals surface area (Å²) in [5, 5.41) is 3.47. The summed E-state index contributed by atoms with van der Waals surface area (Å²) in [5.74, 6) is 1.27. The van der Waals surface area contributed by atoms with Crippen LogP contribution in [0.15, 0.2) is 24.3 Å². The van der Waals surface area contributed by atoms with E-state index in [-0.39, 0.29) is 7.34 Å². The fraction of sp³-hybridized carbons (Fsp3) is 0.650. The van der Waals surface area contributed by atoms with Crippen molar-refractivity contribution >= 4 is 11.5 Å². The van der Waals surface area contributed by atoms with E-state index in [1.807, 2.05) is 6.92 Å². The normalized spacial score (nSPS) is 12.4. The molecule has 0 saturated heterocycles. The maximum Gasteiger partial charge on any atom is 0.135 e. The van der Waals surface area contributed by atoms with Crippen molar-refractivity contribution in [2.75, 3.05) is 11.9 Å². The summed E-state index contributed by atoms with van der Waals surface area (Å²) >= 11 is 0. The van der Waals surface area contributed by atoms with Gasteiger partial charge in [0.1, 0.15) is 5.78 Å². The Morgan fingerprint density at radius 3 is 2.27 bits per heavy atom. The maximum atomic E-state index is 11.7. The zero-order chi connectivity index (χ0) is 16.4. The fourth-order valence-corrected chi connectivity index (χ4v) is 2.47. The van der Waals surface area contributed by atoms with E-state index in [9.17, 15) is 4.79 Å². The van der Waals surface area contributed by atoms with Crippen molar-refractivity contribution in [3.8, 4) is 0 Å². The molecule has 1 atom stereocenters. The minimum Gasteiger partial charge on any atom is -0.385 e. The number of anilines is 1. The van der Waals surface area contributed by atoms with Gasteiger partial charge < -0.3 is 5.32 Å². The third-order valence-electron chi connectivity index (χ3n) is 4.42. The predicted molar refractivity (Wildman–Crippen MR) is 98.7 cm³/mol. The molecular weight excluding hydrogens is 270 g/mol. The summed E-state index contributed by atoms with van der Waals surface area (Å²) in [7, 11) is 0. The molecule has 0 radical (unpaired) electrons. The highest BCUT2D eigenvalue weighted by atomic mass is 16.1. The molecule has 2 heteroatoms. The van der Waals surface area contributed by atoms with E-state index in [1.165, 1.54) is 24.1 Å². The molecule has 126 valence electrons. The average Bonchev–Trinajstić information content (AvgIpc) is 2.53. The maximum absolute atomic E-state index is 11.7. The first-order valence-corrected chi connectivity index (χ1v) is 8.91. The van der Waals surface area contributed by atoms with Gasteiger partial charge in [-0.3, -0.25) is 4.79 Å². The van der Waals surface area contributed by atoms with Gasteiger partial charge in [-0.25, -0.2) is 0 Å². The Labute approximate surface area is 138 Å². The van der Waals surface area contributed by atoms with Crippen molar-refractivity contribution in [1.82, 2.24) is 0 Å². The van der Waals surface area contributed by atoms with E-state index in [4.69, 9.17) is 0 Å². The monoisotopic (exact) mass is 305 g/mol. The number of unbranched alkanes of at least 4 members (excludes halogenated alkanes) is 3. The summed E-state index contributed by atoms with van der Waals surface area (Å²) in [5.41, 5.74) is 2.59. The van der Waals surface area contributed by atoms with Crippen LogP contribution in [-0.4, -0.2) is 12.3 Å². The van der Waals surface area contributed by atoms with E-state index in [0.29, 0.717) is 11.7 Å². The van der Waals surface area contributed by atoms with Gasteiger partial charge in [-0.1, -0.05) is 52.7 Å². The highest BCUT2D eigenvalue weighted by Crippen LogP contribution is 2.17. The van der Waals surface area contributed by atoms with E-state index < -0.39 is 0 Å². The third kappa shape index (κ3) is 7.11. The fourth-order valence-electron chi connectivity index (χ4n) is 2.47. The summed E-state index contributed by atoms with van der Waals surface area (Å²) in [6.07, 6.45) is 6.31. The van der Waals surface area contributed by atoms with Crippen LogP contribution in [0.25, 0.3) is 0 Å². The first-order valence-electron chi connectivity index (χ1n) is 8.91. The van der Waals surface area contributed by atoms with Crippen molar-refractivity contribution in [2.45, 2.75) is 72.1 Å². The van der Waals surface area contributed by atoms with Gasteiger partial charge >= 0.3 is 0 Å². The van der Waals surface area contributed by atoms with Crippen LogP contribution in [0.5, 0.6) is 0 Å². The number of hydrogen-bond donors (Lipinski definition) is 1. The van der Waals surface area contributed by atoms with Gasteiger partial charge in [-0.2, -0.15) is 0 Å². The Bertz CT molecular complexity index is 428. The Morgan fingerprint density at radius 1 is 1.05 bits per heavy atom. The Hall–Kier alpha value is -1.31. The molecule has 1 unspecified atom stereocenters. The first kappa shape index (κ1) is 18.7. The molecule has 2 nitrogen and oxygen atoms in total. The lowest BCUT2D eigenvalue weighted by Crippen LogP contribution is -2.09. The lowest BCUT2D eigenvalue weighted by molar-refractivity contribution is -0.122. The van der Waals surface area contributed by atoms with Crippen molar-refractivity contribution in [3.63, 3.8) is 0 Å². The van der Waals surface area contributed by atoms with Crippen LogP contribution in [0.2, 0.25) is 0 Å². The number of nitrogens with one attached hydrogen (secondary N) is 1. The summed E-state index contributed by atoms with van der Waals surface area (Å²) in [4.78, 5) is 11.7. The van der Waals surface area contributed by atoms with Crippen molar-refractivity contribution in [2.24, 2.45) is 5.92 Å². The number of rotatable bonds is 11. The topological polar surface area (TPSA) is 29.1 Å². The lowest BCUT2D eigenvalue weighted by atomic mass is 9.98. The zero-order valence-corrected chi connectivity index (χ0v) is 14.8. The van der Waals surface area contributed by atoms with Gasteiger partial charge in [-0.05, 0) is 42.9 Å². The number of hydrogen-bond acceptors (Lipinski definition) is 2. The van der Waals surface area contributed by atoms with Gasteiger partial charge in [0.2, 0.25) is 0 Å². The van der Waals surface area contributed by atoms with Crippen molar-refractivity contribution in [3.05, 3.63) is 29.8 Å². The second-order valence-electron chi connectivity index (χ2n) is 6.64. The molecule has 0 aromatic heterocycles. The third-order valence-corrected chi connectivity index (χ3v) is 4.42. The van der Waals surface area contributed by atoms with Crippen LogP contribution >= 0.6 is 0 Å². The van der Waals surface area contributed by atoms with Gasteiger partial charge in [-0.15, -0.1) is 0 Å². The zero-order valence-electron chi connectivity index (χ0n) is 14.8. The van der Waals surface area contributed by atoms with Crippen LogP contribution in [0.3, 0.4) is 0 Å². The number of benzene rings is 1. The number of carbonyl (C=O) groups excluding carboxylic acids is 1. The molecule has 0 fully saturated rings. The molecule has 0 amide bonds. The SMILES string of the molecule is CCC(C)C(=O)CCCCCCNc1ccc(C(C)C)cc1.[HH]. The molecule has 0 aliphatic rings. The Morgan fingerprint density at radius 2 is 1.68 bits per heavy atom. The molecule has 22 heavy (non-hydrogen) atoms. The predicted octanol–water partition coefficient (Wildman–Crippen LogP) is 6.03. The molecular formula is C20H35NO. The van der Waals surface area contributed by atoms with E-state index in [2.05, 4.69) is 50.4 Å². The van der Waals surface area contributed by atoms with E-state index in [0.717, 1.165) is 32.2 Å². The van der Waals surface area contributed by atoms with Gasteiger partial charge in [0.05, 0.1) is 0 Å². The van der Waals surface area contributed by atoms with Gasteiger partial charge in [0.25, 0.3) is 0 Å². The lowest BCUT2D eigenvalue weighted by Gasteiger charge is -2.09. The molecule has 1 rings (SSSR count). The highest BCUT2D eigenvalue weighted by Gasteiger charge is 2.09. The molecule has 1 aromatic carbocycles. The van der Waals surface area contributed by atoms with Crippen LogP contribution < -0.4 is 5.32 Å². The molecule has 0 heterocycles. The smallest absolute Gasteiger partial charge is 0.135 e. The van der Waals surface area contributed by atoms with E-state index >= 15 is 0 Å². The Balaban J connectivity index is 0.00000484. The summed E-state index contributed by atoms with van der Waals surface area (Å²) in [6, 6.07) is 8.74. The second-order valence-corrected chi connectivity index (χ2v) is 6.64. The second kappa shape index (κ2) is 10.4. The number of Topliss-reactive ketones (excluding diaryl/α,β-unsaturated/α-hetero) is 1. The molecule has 0 bridgehead atoms. The molecule has 1 aromatic rings.